The van der Waals surface area contributed by atoms with Crippen LogP contribution in [0.4, 0.5) is 16.2 Å². The van der Waals surface area contributed by atoms with Crippen molar-refractivity contribution < 1.29 is 14.3 Å². The van der Waals surface area contributed by atoms with Gasteiger partial charge in [-0.05, 0) is 26.8 Å². The minimum atomic E-state index is -0.438. The molecule has 148 valence electrons. The number of hydrogen-bond acceptors (Lipinski definition) is 6. The van der Waals surface area contributed by atoms with Crippen LogP contribution in [0, 0.1) is 11.8 Å². The summed E-state index contributed by atoms with van der Waals surface area (Å²) in [6.45, 7) is 12.6. The standard InChI is InChI=1S/C20H30N4O3/c1-20(2,3)27-19(25)24-13-15-11-23(12-16(15)14-24)18-8-17(9-21-10-18)22-4-6-26-7-5-22/h8-10,15-16H,4-7,11-14H2,1-3H3/t15-,16+. The van der Waals surface area contributed by atoms with Gasteiger partial charge in [-0.3, -0.25) is 4.98 Å². The summed E-state index contributed by atoms with van der Waals surface area (Å²) in [6.07, 6.45) is 3.71. The molecule has 7 heteroatoms. The van der Waals surface area contributed by atoms with E-state index in [0.29, 0.717) is 11.8 Å². The molecule has 27 heavy (non-hydrogen) atoms. The van der Waals surface area contributed by atoms with Crippen LogP contribution in [0.15, 0.2) is 18.5 Å². The van der Waals surface area contributed by atoms with Gasteiger partial charge in [0.2, 0.25) is 0 Å². The lowest BCUT2D eigenvalue weighted by atomic mass is 10.0. The minimum Gasteiger partial charge on any atom is -0.444 e. The molecule has 0 saturated carbocycles. The van der Waals surface area contributed by atoms with Crippen molar-refractivity contribution in [3.05, 3.63) is 18.5 Å². The van der Waals surface area contributed by atoms with Crippen LogP contribution in [0.3, 0.4) is 0 Å². The summed E-state index contributed by atoms with van der Waals surface area (Å²) in [5, 5.41) is 0. The minimum absolute atomic E-state index is 0.181. The number of anilines is 2. The van der Waals surface area contributed by atoms with Crippen LogP contribution in [0.25, 0.3) is 0 Å². The average molecular weight is 374 g/mol. The Hall–Kier alpha value is -2.02. The Bertz CT molecular complexity index is 670. The molecule has 0 unspecified atom stereocenters. The molecule has 3 saturated heterocycles. The molecule has 4 heterocycles. The Morgan fingerprint density at radius 3 is 2.22 bits per heavy atom. The van der Waals surface area contributed by atoms with Crippen LogP contribution < -0.4 is 9.80 Å². The van der Waals surface area contributed by atoms with Crippen molar-refractivity contribution in [2.75, 3.05) is 62.3 Å². The smallest absolute Gasteiger partial charge is 0.410 e. The van der Waals surface area contributed by atoms with Gasteiger partial charge in [-0.2, -0.15) is 0 Å². The van der Waals surface area contributed by atoms with Crippen molar-refractivity contribution in [3.8, 4) is 0 Å². The first-order valence-electron chi connectivity index (χ1n) is 9.90. The molecule has 0 bridgehead atoms. The third kappa shape index (κ3) is 4.13. The molecule has 0 N–H and O–H groups in total. The van der Waals surface area contributed by atoms with Crippen molar-refractivity contribution in [1.29, 1.82) is 0 Å². The van der Waals surface area contributed by atoms with Crippen LogP contribution in [-0.4, -0.2) is 74.1 Å². The Balaban J connectivity index is 1.37. The van der Waals surface area contributed by atoms with Crippen LogP contribution in [0.2, 0.25) is 0 Å². The van der Waals surface area contributed by atoms with Gasteiger partial charge in [0.1, 0.15) is 5.60 Å². The van der Waals surface area contributed by atoms with Crippen molar-refractivity contribution in [2.45, 2.75) is 26.4 Å². The molecule has 1 amide bonds. The first-order chi connectivity index (χ1) is 12.9. The number of hydrogen-bond donors (Lipinski definition) is 0. The Labute approximate surface area is 161 Å². The number of nitrogens with zero attached hydrogens (tertiary/aromatic N) is 4. The lowest BCUT2D eigenvalue weighted by molar-refractivity contribution is 0.0282. The van der Waals surface area contributed by atoms with Crippen molar-refractivity contribution >= 4 is 17.5 Å². The number of morpholine rings is 1. The molecule has 2 atom stereocenters. The third-order valence-corrected chi connectivity index (χ3v) is 5.59. The van der Waals surface area contributed by atoms with E-state index in [4.69, 9.17) is 9.47 Å². The van der Waals surface area contributed by atoms with E-state index in [2.05, 4.69) is 20.9 Å². The quantitative estimate of drug-likeness (QED) is 0.791. The Kier molecular flexibility index (Phi) is 4.88. The number of amides is 1. The highest BCUT2D eigenvalue weighted by Gasteiger charge is 2.42. The summed E-state index contributed by atoms with van der Waals surface area (Å²) >= 11 is 0. The topological polar surface area (TPSA) is 58.1 Å². The Morgan fingerprint density at radius 2 is 1.63 bits per heavy atom. The summed E-state index contributed by atoms with van der Waals surface area (Å²) in [5.41, 5.74) is 1.91. The summed E-state index contributed by atoms with van der Waals surface area (Å²) in [4.78, 5) is 23.4. The van der Waals surface area contributed by atoms with Gasteiger partial charge in [0.25, 0.3) is 0 Å². The van der Waals surface area contributed by atoms with Crippen molar-refractivity contribution in [1.82, 2.24) is 9.88 Å². The zero-order valence-electron chi connectivity index (χ0n) is 16.6. The number of aromatic nitrogens is 1. The van der Waals surface area contributed by atoms with Crippen molar-refractivity contribution in [2.24, 2.45) is 11.8 Å². The van der Waals surface area contributed by atoms with Crippen LogP contribution in [-0.2, 0) is 9.47 Å². The fraction of sp³-hybridized carbons (Fsp3) is 0.700. The normalized spacial score (nSPS) is 25.7. The predicted octanol–water partition coefficient (Wildman–Crippen LogP) is 2.22. The first-order valence-corrected chi connectivity index (χ1v) is 9.90. The highest BCUT2D eigenvalue weighted by molar-refractivity contribution is 5.69. The average Bonchev–Trinajstić information content (AvgIpc) is 3.20. The molecule has 3 fully saturated rings. The van der Waals surface area contributed by atoms with Crippen LogP contribution >= 0.6 is 0 Å². The summed E-state index contributed by atoms with van der Waals surface area (Å²) in [7, 11) is 0. The number of likely N-dealkylation sites (tertiary alicyclic amines) is 1. The monoisotopic (exact) mass is 374 g/mol. The second-order valence-corrected chi connectivity index (χ2v) is 8.81. The predicted molar refractivity (Wildman–Crippen MR) is 104 cm³/mol. The maximum Gasteiger partial charge on any atom is 0.410 e. The lowest BCUT2D eigenvalue weighted by Gasteiger charge is -2.30. The molecule has 1 aromatic heterocycles. The van der Waals surface area contributed by atoms with E-state index >= 15 is 0 Å². The molecule has 7 nitrogen and oxygen atoms in total. The molecule has 0 aliphatic carbocycles. The third-order valence-electron chi connectivity index (χ3n) is 5.59. The van der Waals surface area contributed by atoms with Gasteiger partial charge in [-0.25, -0.2) is 4.79 Å². The first kappa shape index (κ1) is 18.3. The number of carbonyl (C=O) groups is 1. The molecule has 0 radical (unpaired) electrons. The van der Waals surface area contributed by atoms with E-state index in [0.717, 1.165) is 52.5 Å². The fourth-order valence-corrected chi connectivity index (χ4v) is 4.26. The van der Waals surface area contributed by atoms with Gasteiger partial charge in [-0.1, -0.05) is 0 Å². The van der Waals surface area contributed by atoms with E-state index < -0.39 is 5.60 Å². The highest BCUT2D eigenvalue weighted by Crippen LogP contribution is 2.35. The maximum absolute atomic E-state index is 12.3. The zero-order chi connectivity index (χ0) is 19.0. The number of carbonyl (C=O) groups excluding carboxylic acids is 1. The molecule has 4 rings (SSSR count). The van der Waals surface area contributed by atoms with Gasteiger partial charge >= 0.3 is 6.09 Å². The second-order valence-electron chi connectivity index (χ2n) is 8.81. The SMILES string of the molecule is CC(C)(C)OC(=O)N1C[C@@H]2CN(c3cncc(N4CCOCC4)c3)C[C@@H]2C1. The highest BCUT2D eigenvalue weighted by atomic mass is 16.6. The van der Waals surface area contributed by atoms with Gasteiger partial charge in [0, 0.05) is 51.1 Å². The molecular weight excluding hydrogens is 344 g/mol. The fourth-order valence-electron chi connectivity index (χ4n) is 4.26. The molecule has 3 aliphatic rings. The van der Waals surface area contributed by atoms with E-state index in [9.17, 15) is 4.79 Å². The number of pyridine rings is 1. The van der Waals surface area contributed by atoms with E-state index in [1.165, 1.54) is 11.4 Å². The van der Waals surface area contributed by atoms with Crippen LogP contribution in [0.5, 0.6) is 0 Å². The van der Waals surface area contributed by atoms with Crippen molar-refractivity contribution in [3.63, 3.8) is 0 Å². The largest absolute Gasteiger partial charge is 0.444 e. The molecular formula is C20H30N4O3. The zero-order valence-corrected chi connectivity index (χ0v) is 16.6. The summed E-state index contributed by atoms with van der Waals surface area (Å²) in [5.74, 6) is 1.01. The number of rotatable bonds is 2. The van der Waals surface area contributed by atoms with Crippen LogP contribution in [0.1, 0.15) is 20.8 Å². The molecule has 0 spiro atoms. The molecule has 0 aromatic carbocycles. The van der Waals surface area contributed by atoms with Gasteiger partial charge < -0.3 is 24.2 Å². The van der Waals surface area contributed by atoms with E-state index in [1.54, 1.807) is 0 Å². The second kappa shape index (κ2) is 7.19. The van der Waals surface area contributed by atoms with E-state index in [-0.39, 0.29) is 6.09 Å². The van der Waals surface area contributed by atoms with E-state index in [1.807, 2.05) is 38.1 Å². The molecule has 3 aliphatic heterocycles. The van der Waals surface area contributed by atoms with Gasteiger partial charge in [0.15, 0.2) is 0 Å². The lowest BCUT2D eigenvalue weighted by Crippen LogP contribution is -2.37. The summed E-state index contributed by atoms with van der Waals surface area (Å²) in [6, 6.07) is 2.24. The molecule has 1 aromatic rings. The summed E-state index contributed by atoms with van der Waals surface area (Å²) < 4.78 is 11.0. The van der Waals surface area contributed by atoms with Gasteiger partial charge in [0.05, 0.1) is 37.0 Å². The van der Waals surface area contributed by atoms with Gasteiger partial charge in [-0.15, -0.1) is 0 Å². The Morgan fingerprint density at radius 1 is 1.04 bits per heavy atom. The maximum atomic E-state index is 12.3. The number of fused-ring (bicyclic) bond motifs is 1. The number of ether oxygens (including phenoxy) is 2.